The summed E-state index contributed by atoms with van der Waals surface area (Å²) >= 11 is 0. The van der Waals surface area contributed by atoms with Crippen LogP contribution in [0.3, 0.4) is 0 Å². The van der Waals surface area contributed by atoms with Gasteiger partial charge in [-0.1, -0.05) is 0 Å². The Balaban J connectivity index is 2.34. The third-order valence-electron chi connectivity index (χ3n) is 1.78. The zero-order chi connectivity index (χ0) is 10.2. The fourth-order valence-electron chi connectivity index (χ4n) is 1.02. The Hall–Kier alpha value is -1.36. The molecule has 0 aromatic carbocycles. The molecule has 14 heavy (non-hydrogen) atoms. The van der Waals surface area contributed by atoms with Crippen LogP contribution in [0.4, 0.5) is 11.6 Å². The van der Waals surface area contributed by atoms with Gasteiger partial charge < -0.3 is 15.7 Å². The molecular formula is C9H16N4O. The molecule has 0 saturated heterocycles. The molecule has 1 rings (SSSR count). The molecule has 0 radical (unpaired) electrons. The topological polar surface area (TPSA) is 70.1 Å². The minimum absolute atomic E-state index is 0.240. The van der Waals surface area contributed by atoms with Gasteiger partial charge in [-0.15, -0.1) is 0 Å². The van der Waals surface area contributed by atoms with Crippen LogP contribution < -0.4 is 10.6 Å². The first-order chi connectivity index (χ1) is 6.86. The highest BCUT2D eigenvalue weighted by Gasteiger charge is 1.95. The smallest absolute Gasteiger partial charge is 0.146 e. The Morgan fingerprint density at radius 1 is 1.29 bits per heavy atom. The lowest BCUT2D eigenvalue weighted by Gasteiger charge is -2.05. The lowest BCUT2D eigenvalue weighted by atomic mass is 10.3. The number of hydrogen-bond acceptors (Lipinski definition) is 5. The van der Waals surface area contributed by atoms with Crippen molar-refractivity contribution >= 4 is 11.6 Å². The standard InChI is InChI=1S/C9H16N4O/c1-10-8-6-11-7-9(13-8)12-4-2-3-5-14/h6-7,14H,2-5H2,1H3,(H2,10,12,13). The minimum Gasteiger partial charge on any atom is -0.396 e. The number of rotatable bonds is 6. The Morgan fingerprint density at radius 2 is 2.07 bits per heavy atom. The molecule has 1 aromatic heterocycles. The number of anilines is 2. The van der Waals surface area contributed by atoms with Crippen molar-refractivity contribution < 1.29 is 5.11 Å². The number of nitrogens with zero attached hydrogens (tertiary/aromatic N) is 2. The summed E-state index contributed by atoms with van der Waals surface area (Å²) in [5, 5.41) is 14.6. The molecule has 1 aromatic rings. The maximum Gasteiger partial charge on any atom is 0.146 e. The van der Waals surface area contributed by atoms with E-state index in [1.165, 1.54) is 0 Å². The third kappa shape index (κ3) is 3.57. The highest BCUT2D eigenvalue weighted by molar-refractivity contribution is 5.40. The SMILES string of the molecule is CNc1cncc(NCCCCO)n1. The highest BCUT2D eigenvalue weighted by atomic mass is 16.2. The lowest BCUT2D eigenvalue weighted by Crippen LogP contribution is -2.05. The van der Waals surface area contributed by atoms with Crippen LogP contribution in [0.1, 0.15) is 12.8 Å². The quantitative estimate of drug-likeness (QED) is 0.584. The number of aliphatic hydroxyl groups is 1. The van der Waals surface area contributed by atoms with Crippen LogP contribution in [0.25, 0.3) is 0 Å². The van der Waals surface area contributed by atoms with Crippen molar-refractivity contribution in [3.8, 4) is 0 Å². The van der Waals surface area contributed by atoms with Gasteiger partial charge in [-0.05, 0) is 12.8 Å². The molecule has 0 fully saturated rings. The van der Waals surface area contributed by atoms with Gasteiger partial charge >= 0.3 is 0 Å². The number of aromatic nitrogens is 2. The van der Waals surface area contributed by atoms with E-state index < -0.39 is 0 Å². The molecule has 5 heteroatoms. The largest absolute Gasteiger partial charge is 0.396 e. The predicted octanol–water partition coefficient (Wildman–Crippen LogP) is 0.703. The van der Waals surface area contributed by atoms with Crippen LogP contribution in [0, 0.1) is 0 Å². The molecule has 0 amide bonds. The average molecular weight is 196 g/mol. The van der Waals surface area contributed by atoms with Gasteiger partial charge in [-0.3, -0.25) is 4.98 Å². The van der Waals surface area contributed by atoms with Gasteiger partial charge in [0.1, 0.15) is 11.6 Å². The van der Waals surface area contributed by atoms with Gasteiger partial charge in [0, 0.05) is 20.2 Å². The van der Waals surface area contributed by atoms with Gasteiger partial charge in [-0.25, -0.2) is 4.98 Å². The molecular weight excluding hydrogens is 180 g/mol. The summed E-state index contributed by atoms with van der Waals surface area (Å²) in [6.07, 6.45) is 5.09. The summed E-state index contributed by atoms with van der Waals surface area (Å²) < 4.78 is 0. The Morgan fingerprint density at radius 3 is 2.79 bits per heavy atom. The summed E-state index contributed by atoms with van der Waals surface area (Å²) in [5.41, 5.74) is 0. The minimum atomic E-state index is 0.240. The molecule has 0 spiro atoms. The van der Waals surface area contributed by atoms with Gasteiger partial charge in [0.05, 0.1) is 12.4 Å². The zero-order valence-electron chi connectivity index (χ0n) is 8.32. The van der Waals surface area contributed by atoms with Gasteiger partial charge in [0.15, 0.2) is 0 Å². The Labute approximate surface area is 83.6 Å². The Kier molecular flexibility index (Phi) is 4.71. The summed E-state index contributed by atoms with van der Waals surface area (Å²) in [5.74, 6) is 1.51. The van der Waals surface area contributed by atoms with Crippen LogP contribution in [0.15, 0.2) is 12.4 Å². The van der Waals surface area contributed by atoms with Crippen LogP contribution in [0.5, 0.6) is 0 Å². The number of aliphatic hydroxyl groups excluding tert-OH is 1. The molecule has 0 unspecified atom stereocenters. The molecule has 0 bridgehead atoms. The first-order valence-electron chi connectivity index (χ1n) is 4.71. The summed E-state index contributed by atoms with van der Waals surface area (Å²) in [6, 6.07) is 0. The lowest BCUT2D eigenvalue weighted by molar-refractivity contribution is 0.286. The second-order valence-electron chi connectivity index (χ2n) is 2.90. The van der Waals surface area contributed by atoms with E-state index in [2.05, 4.69) is 20.6 Å². The molecule has 1 heterocycles. The highest BCUT2D eigenvalue weighted by Crippen LogP contribution is 2.05. The van der Waals surface area contributed by atoms with Gasteiger partial charge in [-0.2, -0.15) is 0 Å². The molecule has 3 N–H and O–H groups in total. The van der Waals surface area contributed by atoms with E-state index in [1.54, 1.807) is 19.4 Å². The van der Waals surface area contributed by atoms with Crippen molar-refractivity contribution in [3.05, 3.63) is 12.4 Å². The van der Waals surface area contributed by atoms with E-state index in [0.29, 0.717) is 0 Å². The maximum absolute atomic E-state index is 8.58. The van der Waals surface area contributed by atoms with E-state index >= 15 is 0 Å². The molecule has 78 valence electrons. The predicted molar refractivity (Wildman–Crippen MR) is 56.4 cm³/mol. The molecule has 0 aliphatic heterocycles. The number of unbranched alkanes of at least 4 members (excludes halogenated alkanes) is 1. The molecule has 0 atom stereocenters. The van der Waals surface area contributed by atoms with Crippen LogP contribution in [-0.4, -0.2) is 35.3 Å². The fourth-order valence-corrected chi connectivity index (χ4v) is 1.02. The number of nitrogens with one attached hydrogen (secondary N) is 2. The van der Waals surface area contributed by atoms with Crippen molar-refractivity contribution in [1.29, 1.82) is 0 Å². The second kappa shape index (κ2) is 6.15. The van der Waals surface area contributed by atoms with E-state index in [9.17, 15) is 0 Å². The van der Waals surface area contributed by atoms with Crippen molar-refractivity contribution in [2.24, 2.45) is 0 Å². The van der Waals surface area contributed by atoms with Gasteiger partial charge in [0.2, 0.25) is 0 Å². The van der Waals surface area contributed by atoms with E-state index in [0.717, 1.165) is 31.0 Å². The van der Waals surface area contributed by atoms with E-state index in [4.69, 9.17) is 5.11 Å². The second-order valence-corrected chi connectivity index (χ2v) is 2.90. The monoisotopic (exact) mass is 196 g/mol. The molecule has 0 aliphatic rings. The molecule has 0 saturated carbocycles. The molecule has 5 nitrogen and oxygen atoms in total. The maximum atomic E-state index is 8.58. The first-order valence-corrected chi connectivity index (χ1v) is 4.71. The first kappa shape index (κ1) is 10.7. The van der Waals surface area contributed by atoms with Crippen LogP contribution >= 0.6 is 0 Å². The summed E-state index contributed by atoms with van der Waals surface area (Å²) in [6.45, 7) is 1.05. The van der Waals surface area contributed by atoms with Crippen molar-refractivity contribution in [2.45, 2.75) is 12.8 Å². The normalized spacial score (nSPS) is 9.86. The van der Waals surface area contributed by atoms with Crippen LogP contribution in [-0.2, 0) is 0 Å². The number of hydrogen-bond donors (Lipinski definition) is 3. The van der Waals surface area contributed by atoms with Crippen LogP contribution in [0.2, 0.25) is 0 Å². The summed E-state index contributed by atoms with van der Waals surface area (Å²) in [7, 11) is 1.81. The van der Waals surface area contributed by atoms with Crippen molar-refractivity contribution in [3.63, 3.8) is 0 Å². The van der Waals surface area contributed by atoms with Crippen molar-refractivity contribution in [1.82, 2.24) is 9.97 Å². The fraction of sp³-hybridized carbons (Fsp3) is 0.556. The average Bonchev–Trinajstić information content (AvgIpc) is 2.25. The van der Waals surface area contributed by atoms with Crippen molar-refractivity contribution in [2.75, 3.05) is 30.8 Å². The van der Waals surface area contributed by atoms with E-state index in [-0.39, 0.29) is 6.61 Å². The van der Waals surface area contributed by atoms with E-state index in [1.807, 2.05) is 0 Å². The molecule has 0 aliphatic carbocycles. The Bertz CT molecular complexity index is 267. The van der Waals surface area contributed by atoms with Gasteiger partial charge in [0.25, 0.3) is 0 Å². The third-order valence-corrected chi connectivity index (χ3v) is 1.78. The summed E-state index contributed by atoms with van der Waals surface area (Å²) in [4.78, 5) is 8.26. The zero-order valence-corrected chi connectivity index (χ0v) is 8.32.